The van der Waals surface area contributed by atoms with Gasteiger partial charge in [0.1, 0.15) is 0 Å². The van der Waals surface area contributed by atoms with Crippen LogP contribution < -0.4 is 4.72 Å². The molecule has 0 aliphatic carbocycles. The van der Waals surface area contributed by atoms with E-state index in [1.807, 2.05) is 25.1 Å². The quantitative estimate of drug-likeness (QED) is 0.752. The number of morpholine rings is 1. The first kappa shape index (κ1) is 19.5. The van der Waals surface area contributed by atoms with Crippen LogP contribution in [0.4, 0.5) is 0 Å². The van der Waals surface area contributed by atoms with Crippen LogP contribution in [0.5, 0.6) is 0 Å². The van der Waals surface area contributed by atoms with Crippen LogP contribution >= 0.6 is 15.9 Å². The first-order valence-corrected chi connectivity index (χ1v) is 10.9. The van der Waals surface area contributed by atoms with Crippen LogP contribution in [0, 0.1) is 6.92 Å². The van der Waals surface area contributed by atoms with Gasteiger partial charge in [0.05, 0.1) is 18.1 Å². The van der Waals surface area contributed by atoms with Crippen molar-refractivity contribution in [2.24, 2.45) is 0 Å². The maximum absolute atomic E-state index is 12.6. The van der Waals surface area contributed by atoms with E-state index in [2.05, 4.69) is 31.6 Å². The standard InChI is InChI=1S/C19H23BrN2O3S/c1-15-12-18(6-7-19(15)20)26(23,24)21-13-16-4-2-3-5-17(16)14-22-8-10-25-11-9-22/h2-7,12,21H,8-11,13-14H2,1H3. The Labute approximate surface area is 163 Å². The van der Waals surface area contributed by atoms with Crippen molar-refractivity contribution in [3.8, 4) is 0 Å². The van der Waals surface area contributed by atoms with E-state index in [-0.39, 0.29) is 11.4 Å². The summed E-state index contributed by atoms with van der Waals surface area (Å²) in [5, 5.41) is 0. The molecule has 1 aliphatic heterocycles. The number of benzene rings is 2. The van der Waals surface area contributed by atoms with Gasteiger partial charge >= 0.3 is 0 Å². The van der Waals surface area contributed by atoms with Crippen molar-refractivity contribution in [1.29, 1.82) is 0 Å². The van der Waals surface area contributed by atoms with Crippen LogP contribution in [-0.2, 0) is 27.8 Å². The fourth-order valence-electron chi connectivity index (χ4n) is 2.92. The molecule has 0 atom stereocenters. The summed E-state index contributed by atoms with van der Waals surface area (Å²) in [7, 11) is -3.55. The average Bonchev–Trinajstić information content (AvgIpc) is 2.64. The van der Waals surface area contributed by atoms with Crippen LogP contribution in [0.3, 0.4) is 0 Å². The maximum Gasteiger partial charge on any atom is 0.240 e. The maximum atomic E-state index is 12.6. The molecule has 26 heavy (non-hydrogen) atoms. The number of hydrogen-bond donors (Lipinski definition) is 1. The minimum atomic E-state index is -3.55. The Morgan fingerprint density at radius 2 is 1.81 bits per heavy atom. The summed E-state index contributed by atoms with van der Waals surface area (Å²) in [5.74, 6) is 0. The van der Waals surface area contributed by atoms with Crippen LogP contribution in [0.1, 0.15) is 16.7 Å². The molecule has 0 amide bonds. The molecular weight excluding hydrogens is 416 g/mol. The highest BCUT2D eigenvalue weighted by atomic mass is 79.9. The van der Waals surface area contributed by atoms with Gasteiger partial charge in [-0.25, -0.2) is 13.1 Å². The van der Waals surface area contributed by atoms with Gasteiger partial charge in [-0.1, -0.05) is 40.2 Å². The van der Waals surface area contributed by atoms with E-state index in [1.165, 1.54) is 0 Å². The van der Waals surface area contributed by atoms with Gasteiger partial charge in [-0.05, 0) is 41.8 Å². The zero-order valence-electron chi connectivity index (χ0n) is 14.7. The summed E-state index contributed by atoms with van der Waals surface area (Å²) < 4.78 is 34.2. The number of halogens is 1. The van der Waals surface area contributed by atoms with E-state index in [0.717, 1.165) is 54.0 Å². The molecule has 2 aromatic rings. The normalized spacial score (nSPS) is 15.9. The van der Waals surface area contributed by atoms with Crippen molar-refractivity contribution in [2.75, 3.05) is 26.3 Å². The topological polar surface area (TPSA) is 58.6 Å². The molecule has 1 N–H and O–H groups in total. The lowest BCUT2D eigenvalue weighted by Crippen LogP contribution is -2.36. The Balaban J connectivity index is 1.71. The third-order valence-electron chi connectivity index (χ3n) is 4.51. The number of hydrogen-bond acceptors (Lipinski definition) is 4. The smallest absolute Gasteiger partial charge is 0.240 e. The predicted molar refractivity (Wildman–Crippen MR) is 105 cm³/mol. The van der Waals surface area contributed by atoms with Crippen molar-refractivity contribution in [3.63, 3.8) is 0 Å². The number of aryl methyl sites for hydroxylation is 1. The van der Waals surface area contributed by atoms with Crippen molar-refractivity contribution < 1.29 is 13.2 Å². The van der Waals surface area contributed by atoms with E-state index in [0.29, 0.717) is 0 Å². The summed E-state index contributed by atoms with van der Waals surface area (Å²) >= 11 is 3.40. The van der Waals surface area contributed by atoms with E-state index < -0.39 is 10.0 Å². The monoisotopic (exact) mass is 438 g/mol. The Morgan fingerprint density at radius 1 is 1.12 bits per heavy atom. The molecule has 1 saturated heterocycles. The lowest BCUT2D eigenvalue weighted by molar-refractivity contribution is 0.0341. The van der Waals surface area contributed by atoms with E-state index in [4.69, 9.17) is 4.74 Å². The molecule has 0 bridgehead atoms. The molecule has 2 aromatic carbocycles. The minimum absolute atomic E-state index is 0.276. The van der Waals surface area contributed by atoms with Crippen molar-refractivity contribution >= 4 is 26.0 Å². The largest absolute Gasteiger partial charge is 0.379 e. The highest BCUT2D eigenvalue weighted by Crippen LogP contribution is 2.20. The Bertz CT molecular complexity index is 865. The summed E-state index contributed by atoms with van der Waals surface area (Å²) in [4.78, 5) is 2.61. The summed E-state index contributed by atoms with van der Waals surface area (Å²) in [6.45, 7) is 6.25. The van der Waals surface area contributed by atoms with Gasteiger partial charge in [0.2, 0.25) is 10.0 Å². The lowest BCUT2D eigenvalue weighted by atomic mass is 10.1. The van der Waals surface area contributed by atoms with Crippen molar-refractivity contribution in [1.82, 2.24) is 9.62 Å². The van der Waals surface area contributed by atoms with Crippen molar-refractivity contribution in [2.45, 2.75) is 24.9 Å². The van der Waals surface area contributed by atoms with Gasteiger partial charge in [-0.15, -0.1) is 0 Å². The molecule has 1 heterocycles. The van der Waals surface area contributed by atoms with Gasteiger partial charge in [-0.2, -0.15) is 0 Å². The van der Waals surface area contributed by atoms with Gasteiger partial charge in [-0.3, -0.25) is 4.90 Å². The van der Waals surface area contributed by atoms with E-state index in [1.54, 1.807) is 18.2 Å². The van der Waals surface area contributed by atoms with Gasteiger partial charge in [0.25, 0.3) is 0 Å². The molecule has 3 rings (SSSR count). The molecule has 0 saturated carbocycles. The minimum Gasteiger partial charge on any atom is -0.379 e. The molecule has 0 unspecified atom stereocenters. The van der Waals surface area contributed by atoms with Gasteiger partial charge in [0, 0.05) is 30.7 Å². The lowest BCUT2D eigenvalue weighted by Gasteiger charge is -2.27. The van der Waals surface area contributed by atoms with Crippen LogP contribution in [0.15, 0.2) is 51.8 Å². The third kappa shape index (κ3) is 4.92. The molecule has 1 fully saturated rings. The molecule has 140 valence electrons. The van der Waals surface area contributed by atoms with Crippen LogP contribution in [-0.4, -0.2) is 39.6 Å². The predicted octanol–water partition coefficient (Wildman–Crippen LogP) is 3.07. The van der Waals surface area contributed by atoms with Crippen LogP contribution in [0.2, 0.25) is 0 Å². The SMILES string of the molecule is Cc1cc(S(=O)(=O)NCc2ccccc2CN2CCOCC2)ccc1Br. The number of sulfonamides is 1. The highest BCUT2D eigenvalue weighted by Gasteiger charge is 2.17. The van der Waals surface area contributed by atoms with Gasteiger partial charge < -0.3 is 4.74 Å². The van der Waals surface area contributed by atoms with Gasteiger partial charge in [0.15, 0.2) is 0 Å². The van der Waals surface area contributed by atoms with E-state index >= 15 is 0 Å². The van der Waals surface area contributed by atoms with Crippen molar-refractivity contribution in [3.05, 3.63) is 63.6 Å². The Morgan fingerprint density at radius 3 is 2.50 bits per heavy atom. The number of nitrogens with zero attached hydrogens (tertiary/aromatic N) is 1. The molecule has 0 spiro atoms. The molecular formula is C19H23BrN2O3S. The molecule has 0 radical (unpaired) electrons. The summed E-state index contributed by atoms with van der Waals surface area (Å²) in [5.41, 5.74) is 3.03. The first-order chi connectivity index (χ1) is 12.5. The molecule has 1 aliphatic rings. The second kappa shape index (κ2) is 8.63. The third-order valence-corrected chi connectivity index (χ3v) is 6.80. The molecule has 5 nitrogen and oxygen atoms in total. The Hall–Kier alpha value is -1.25. The Kier molecular flexibility index (Phi) is 6.47. The summed E-state index contributed by atoms with van der Waals surface area (Å²) in [6.07, 6.45) is 0. The zero-order valence-corrected chi connectivity index (χ0v) is 17.1. The number of rotatable bonds is 6. The molecule has 7 heteroatoms. The number of ether oxygens (including phenoxy) is 1. The average molecular weight is 439 g/mol. The van der Waals surface area contributed by atoms with Crippen LogP contribution in [0.25, 0.3) is 0 Å². The number of nitrogens with one attached hydrogen (secondary N) is 1. The fourth-order valence-corrected chi connectivity index (χ4v) is 4.26. The molecule has 0 aromatic heterocycles. The highest BCUT2D eigenvalue weighted by molar-refractivity contribution is 9.10. The van der Waals surface area contributed by atoms with E-state index in [9.17, 15) is 8.42 Å². The summed E-state index contributed by atoms with van der Waals surface area (Å²) in [6, 6.07) is 13.0. The second-order valence-electron chi connectivity index (χ2n) is 6.39. The second-order valence-corrected chi connectivity index (χ2v) is 9.01. The zero-order chi connectivity index (χ0) is 18.6. The first-order valence-electron chi connectivity index (χ1n) is 8.58. The fraction of sp³-hybridized carbons (Fsp3) is 0.368.